The number of thiophene rings is 1. The van der Waals surface area contributed by atoms with Gasteiger partial charge in [0.05, 0.1) is 15.1 Å². The molecule has 0 unspecified atom stereocenters. The molecule has 3 aromatic heterocycles. The second kappa shape index (κ2) is 4.84. The molecule has 0 N–H and O–H groups in total. The molecule has 0 fully saturated rings. The molecule has 0 aliphatic carbocycles. The minimum absolute atomic E-state index is 0.112. The fraction of sp³-hybridized carbons (Fsp3) is 0.133. The Labute approximate surface area is 136 Å². The number of fused-ring (bicyclic) bond motifs is 3. The molecule has 0 amide bonds. The number of sulfone groups is 1. The van der Waals surface area contributed by atoms with Crippen LogP contribution in [0.3, 0.4) is 0 Å². The van der Waals surface area contributed by atoms with Crippen molar-refractivity contribution in [2.45, 2.75) is 23.8 Å². The predicted octanol–water partition coefficient (Wildman–Crippen LogP) is 2.79. The molecule has 0 radical (unpaired) electrons. The zero-order valence-corrected chi connectivity index (χ0v) is 14.0. The van der Waals surface area contributed by atoms with Crippen molar-refractivity contribution < 1.29 is 8.42 Å². The fourth-order valence-electron chi connectivity index (χ4n) is 2.52. The minimum Gasteiger partial charge on any atom is -0.233 e. The lowest BCUT2D eigenvalue weighted by Gasteiger charge is -2.06. The van der Waals surface area contributed by atoms with E-state index in [4.69, 9.17) is 0 Å². The molecular formula is C15H12N4O2S2. The molecule has 0 saturated carbocycles. The Morgan fingerprint density at radius 1 is 1.17 bits per heavy atom. The van der Waals surface area contributed by atoms with Gasteiger partial charge in [0.15, 0.2) is 5.65 Å². The molecule has 3 heterocycles. The Hall–Kier alpha value is -2.32. The van der Waals surface area contributed by atoms with Gasteiger partial charge in [-0.2, -0.15) is 4.52 Å². The number of benzene rings is 1. The predicted molar refractivity (Wildman–Crippen MR) is 87.5 cm³/mol. The average molecular weight is 344 g/mol. The molecule has 116 valence electrons. The molecule has 0 aliphatic rings. The van der Waals surface area contributed by atoms with Crippen molar-refractivity contribution in [2.24, 2.45) is 0 Å². The van der Waals surface area contributed by atoms with Crippen LogP contribution >= 0.6 is 11.3 Å². The molecule has 0 atom stereocenters. The first-order chi connectivity index (χ1) is 11.0. The van der Waals surface area contributed by atoms with Crippen LogP contribution in [0.1, 0.15) is 11.1 Å². The quantitative estimate of drug-likeness (QED) is 0.559. The van der Waals surface area contributed by atoms with Crippen LogP contribution in [0.25, 0.3) is 15.9 Å². The van der Waals surface area contributed by atoms with Crippen molar-refractivity contribution in [2.75, 3.05) is 0 Å². The maximum atomic E-state index is 13.0. The summed E-state index contributed by atoms with van der Waals surface area (Å²) in [5.41, 5.74) is 2.60. The smallest absolute Gasteiger partial charge is 0.229 e. The summed E-state index contributed by atoms with van der Waals surface area (Å²) >= 11 is 1.52. The van der Waals surface area contributed by atoms with Gasteiger partial charge >= 0.3 is 0 Å². The van der Waals surface area contributed by atoms with Gasteiger partial charge in [-0.25, -0.2) is 13.4 Å². The van der Waals surface area contributed by atoms with Crippen molar-refractivity contribution >= 4 is 37.0 Å². The summed E-state index contributed by atoms with van der Waals surface area (Å²) in [7, 11) is -3.78. The molecule has 1 aromatic carbocycles. The number of aromatic nitrogens is 4. The summed E-state index contributed by atoms with van der Waals surface area (Å²) in [5, 5.41) is 9.70. The third kappa shape index (κ3) is 2.06. The van der Waals surface area contributed by atoms with Crippen LogP contribution in [-0.4, -0.2) is 28.2 Å². The number of nitrogens with zero attached hydrogens (tertiary/aromatic N) is 4. The van der Waals surface area contributed by atoms with Crippen molar-refractivity contribution in [3.05, 3.63) is 47.0 Å². The van der Waals surface area contributed by atoms with Crippen molar-refractivity contribution in [1.29, 1.82) is 0 Å². The summed E-state index contributed by atoms with van der Waals surface area (Å²) in [5.74, 6) is 0. The molecule has 4 rings (SSSR count). The van der Waals surface area contributed by atoms with E-state index in [-0.39, 0.29) is 15.6 Å². The summed E-state index contributed by atoms with van der Waals surface area (Å²) < 4.78 is 28.4. The molecule has 23 heavy (non-hydrogen) atoms. The van der Waals surface area contributed by atoms with Crippen LogP contribution in [0, 0.1) is 13.8 Å². The number of rotatable bonds is 2. The van der Waals surface area contributed by atoms with Crippen LogP contribution < -0.4 is 0 Å². The summed E-state index contributed by atoms with van der Waals surface area (Å²) in [6.45, 7) is 3.62. The van der Waals surface area contributed by atoms with Gasteiger partial charge in [-0.1, -0.05) is 17.3 Å². The summed E-state index contributed by atoms with van der Waals surface area (Å²) in [6.07, 6.45) is 1.65. The minimum atomic E-state index is -3.78. The number of hydrogen-bond donors (Lipinski definition) is 0. The molecule has 0 saturated heterocycles. The summed E-state index contributed by atoms with van der Waals surface area (Å²) in [4.78, 5) is 4.50. The fourth-order valence-corrected chi connectivity index (χ4v) is 4.81. The molecule has 0 aliphatic heterocycles. The van der Waals surface area contributed by atoms with Gasteiger partial charge in [0.25, 0.3) is 0 Å². The lowest BCUT2D eigenvalue weighted by Crippen LogP contribution is -2.06. The van der Waals surface area contributed by atoms with Gasteiger partial charge in [0.2, 0.25) is 14.9 Å². The van der Waals surface area contributed by atoms with Crippen LogP contribution in [0.5, 0.6) is 0 Å². The van der Waals surface area contributed by atoms with E-state index in [2.05, 4.69) is 15.3 Å². The number of hydrogen-bond acceptors (Lipinski definition) is 6. The highest BCUT2D eigenvalue weighted by atomic mass is 32.2. The molecular weight excluding hydrogens is 332 g/mol. The highest BCUT2D eigenvalue weighted by Crippen LogP contribution is 2.28. The first kappa shape index (κ1) is 14.3. The second-order valence-corrected chi connectivity index (χ2v) is 8.11. The monoisotopic (exact) mass is 344 g/mol. The first-order valence-corrected chi connectivity index (χ1v) is 9.25. The van der Waals surface area contributed by atoms with Crippen LogP contribution in [-0.2, 0) is 9.84 Å². The van der Waals surface area contributed by atoms with E-state index < -0.39 is 9.84 Å². The molecule has 6 nitrogen and oxygen atoms in total. The molecule has 0 spiro atoms. The van der Waals surface area contributed by atoms with Crippen LogP contribution in [0.4, 0.5) is 0 Å². The SMILES string of the molecule is Cc1ccc(C)c(S(=O)(=O)c2nnn3c2ncc2sccc23)c1. The Morgan fingerprint density at radius 2 is 2.00 bits per heavy atom. The lowest BCUT2D eigenvalue weighted by atomic mass is 10.2. The van der Waals surface area contributed by atoms with E-state index in [1.54, 1.807) is 25.3 Å². The lowest BCUT2D eigenvalue weighted by molar-refractivity contribution is 0.592. The zero-order chi connectivity index (χ0) is 16.2. The maximum absolute atomic E-state index is 13.0. The maximum Gasteiger partial charge on any atom is 0.229 e. The Balaban J connectivity index is 2.03. The second-order valence-electron chi connectivity index (χ2n) is 5.33. The van der Waals surface area contributed by atoms with E-state index in [9.17, 15) is 8.42 Å². The van der Waals surface area contributed by atoms with Crippen molar-refractivity contribution in [3.8, 4) is 0 Å². The van der Waals surface area contributed by atoms with E-state index >= 15 is 0 Å². The third-order valence-corrected chi connectivity index (χ3v) is 6.34. The molecule has 8 heteroatoms. The van der Waals surface area contributed by atoms with E-state index in [0.29, 0.717) is 5.56 Å². The van der Waals surface area contributed by atoms with Gasteiger partial charge < -0.3 is 0 Å². The Morgan fingerprint density at radius 3 is 2.83 bits per heavy atom. The van der Waals surface area contributed by atoms with Gasteiger partial charge in [-0.3, -0.25) is 0 Å². The zero-order valence-electron chi connectivity index (χ0n) is 12.4. The van der Waals surface area contributed by atoms with Crippen LogP contribution in [0.2, 0.25) is 0 Å². The van der Waals surface area contributed by atoms with Gasteiger partial charge in [0, 0.05) is 6.20 Å². The van der Waals surface area contributed by atoms with Gasteiger partial charge in [-0.15, -0.1) is 16.4 Å². The molecule has 0 bridgehead atoms. The third-order valence-electron chi connectivity index (χ3n) is 3.71. The normalized spacial score (nSPS) is 12.3. The van der Waals surface area contributed by atoms with E-state index in [0.717, 1.165) is 15.8 Å². The largest absolute Gasteiger partial charge is 0.233 e. The van der Waals surface area contributed by atoms with Crippen LogP contribution in [0.15, 0.2) is 45.8 Å². The summed E-state index contributed by atoms with van der Waals surface area (Å²) in [6, 6.07) is 7.19. The standard InChI is InChI=1S/C15H12N4O2S2/c1-9-3-4-10(2)13(7-9)23(20,21)15-14-16-8-12-11(5-6-22-12)19(14)18-17-15/h3-8H,1-2H3. The van der Waals surface area contributed by atoms with Gasteiger partial charge in [0.1, 0.15) is 0 Å². The topological polar surface area (TPSA) is 77.2 Å². The highest BCUT2D eigenvalue weighted by molar-refractivity contribution is 7.91. The first-order valence-electron chi connectivity index (χ1n) is 6.88. The van der Waals surface area contributed by atoms with Gasteiger partial charge in [-0.05, 0) is 42.5 Å². The van der Waals surface area contributed by atoms with Crippen molar-refractivity contribution in [3.63, 3.8) is 0 Å². The molecule has 4 aromatic rings. The number of aryl methyl sites for hydroxylation is 2. The Bertz CT molecular complexity index is 1160. The van der Waals surface area contributed by atoms with E-state index in [1.807, 2.05) is 24.4 Å². The highest BCUT2D eigenvalue weighted by Gasteiger charge is 2.27. The van der Waals surface area contributed by atoms with E-state index in [1.165, 1.54) is 15.9 Å². The average Bonchev–Trinajstić information content (AvgIpc) is 3.14. The van der Waals surface area contributed by atoms with Crippen molar-refractivity contribution in [1.82, 2.24) is 19.8 Å². The Kier molecular flexibility index (Phi) is 3.00.